The number of carbonyl (C=O) groups excluding carboxylic acids is 1. The lowest BCUT2D eigenvalue weighted by Crippen LogP contribution is -2.35. The number of nitrogens with zero attached hydrogens (tertiary/aromatic N) is 2. The van der Waals surface area contributed by atoms with Crippen molar-refractivity contribution in [1.82, 2.24) is 9.62 Å². The minimum Gasteiger partial charge on any atom is -0.355 e. The number of amides is 1. The van der Waals surface area contributed by atoms with Crippen LogP contribution in [-0.2, 0) is 21.2 Å². The van der Waals surface area contributed by atoms with Gasteiger partial charge in [-0.25, -0.2) is 8.42 Å². The fourth-order valence-electron chi connectivity index (χ4n) is 2.74. The summed E-state index contributed by atoms with van der Waals surface area (Å²) in [5.41, 5.74) is 0.918. The number of hydrogen-bond acceptors (Lipinski definition) is 4. The van der Waals surface area contributed by atoms with Crippen molar-refractivity contribution in [1.29, 1.82) is 5.26 Å². The molecule has 1 aliphatic heterocycles. The van der Waals surface area contributed by atoms with Crippen molar-refractivity contribution in [3.8, 4) is 6.07 Å². The molecule has 0 saturated carbocycles. The molecular formula is C18H25N3O3S. The van der Waals surface area contributed by atoms with Crippen LogP contribution in [0.5, 0.6) is 0 Å². The summed E-state index contributed by atoms with van der Waals surface area (Å²) >= 11 is 0. The Morgan fingerprint density at radius 3 is 2.48 bits per heavy atom. The molecule has 1 heterocycles. The number of carbonyl (C=O) groups is 1. The first-order valence-electron chi connectivity index (χ1n) is 8.69. The maximum Gasteiger partial charge on any atom is 0.243 e. The van der Waals surface area contributed by atoms with E-state index in [1.807, 2.05) is 0 Å². The lowest BCUT2D eigenvalue weighted by atomic mass is 10.1. The first-order chi connectivity index (χ1) is 11.9. The number of nitriles is 1. The molecule has 1 unspecified atom stereocenters. The monoisotopic (exact) mass is 363 g/mol. The molecule has 0 aromatic heterocycles. The summed E-state index contributed by atoms with van der Waals surface area (Å²) in [6, 6.07) is 8.84. The number of benzene rings is 1. The van der Waals surface area contributed by atoms with Gasteiger partial charge in [0.05, 0.1) is 16.9 Å². The SMILES string of the molecule is CC(C#N)CNC(=O)CCc1ccc(S(=O)(=O)N2CCCCC2)cc1. The molecule has 1 saturated heterocycles. The van der Waals surface area contributed by atoms with E-state index in [0.717, 1.165) is 24.8 Å². The predicted octanol–water partition coefficient (Wildman–Crippen LogP) is 2.07. The number of rotatable bonds is 7. The summed E-state index contributed by atoms with van der Waals surface area (Å²) in [6.45, 7) is 3.28. The van der Waals surface area contributed by atoms with Gasteiger partial charge in [0.1, 0.15) is 0 Å². The Labute approximate surface area is 149 Å². The van der Waals surface area contributed by atoms with Gasteiger partial charge in [-0.15, -0.1) is 0 Å². The highest BCUT2D eigenvalue weighted by molar-refractivity contribution is 7.89. The van der Waals surface area contributed by atoms with Crippen LogP contribution >= 0.6 is 0 Å². The molecule has 1 aliphatic rings. The maximum absolute atomic E-state index is 12.6. The van der Waals surface area contributed by atoms with Gasteiger partial charge in [0, 0.05) is 26.1 Å². The summed E-state index contributed by atoms with van der Waals surface area (Å²) < 4.78 is 26.7. The van der Waals surface area contributed by atoms with Crippen LogP contribution in [-0.4, -0.2) is 38.3 Å². The van der Waals surface area contributed by atoms with Crippen molar-refractivity contribution >= 4 is 15.9 Å². The Hall–Kier alpha value is -1.91. The molecule has 0 spiro atoms. The maximum atomic E-state index is 12.6. The Balaban J connectivity index is 1.89. The van der Waals surface area contributed by atoms with Crippen LogP contribution in [0.15, 0.2) is 29.2 Å². The molecule has 6 nitrogen and oxygen atoms in total. The highest BCUT2D eigenvalue weighted by Crippen LogP contribution is 2.21. The number of piperidine rings is 1. The molecule has 0 aliphatic carbocycles. The van der Waals surface area contributed by atoms with E-state index in [0.29, 0.717) is 37.4 Å². The van der Waals surface area contributed by atoms with Crippen LogP contribution in [0.25, 0.3) is 0 Å². The average molecular weight is 363 g/mol. The third kappa shape index (κ3) is 5.55. The van der Waals surface area contributed by atoms with Crippen LogP contribution in [0.4, 0.5) is 0 Å². The van der Waals surface area contributed by atoms with Gasteiger partial charge in [-0.1, -0.05) is 18.6 Å². The van der Waals surface area contributed by atoms with Gasteiger partial charge in [-0.2, -0.15) is 9.57 Å². The van der Waals surface area contributed by atoms with E-state index >= 15 is 0 Å². The molecule has 0 radical (unpaired) electrons. The standard InChI is InChI=1S/C18H25N3O3S/c1-15(13-19)14-20-18(22)10-7-16-5-8-17(9-6-16)25(23,24)21-11-3-2-4-12-21/h5-6,8-9,15H,2-4,7,10-12,14H2,1H3,(H,20,22). The van der Waals surface area contributed by atoms with Crippen LogP contribution < -0.4 is 5.32 Å². The minimum atomic E-state index is -3.41. The van der Waals surface area contributed by atoms with Crippen LogP contribution in [0, 0.1) is 17.2 Å². The summed E-state index contributed by atoms with van der Waals surface area (Å²) in [4.78, 5) is 12.1. The fourth-order valence-corrected chi connectivity index (χ4v) is 4.26. The van der Waals surface area contributed by atoms with E-state index in [1.165, 1.54) is 0 Å². The van der Waals surface area contributed by atoms with E-state index in [1.54, 1.807) is 35.5 Å². The normalized spacial score (nSPS) is 16.8. The van der Waals surface area contributed by atoms with E-state index in [9.17, 15) is 13.2 Å². The summed E-state index contributed by atoms with van der Waals surface area (Å²) in [6.07, 6.45) is 3.76. The lowest BCUT2D eigenvalue weighted by molar-refractivity contribution is -0.121. The predicted molar refractivity (Wildman–Crippen MR) is 95.2 cm³/mol. The first-order valence-corrected chi connectivity index (χ1v) is 10.1. The van der Waals surface area contributed by atoms with Gasteiger partial charge in [0.15, 0.2) is 0 Å². The molecule has 1 aromatic rings. The molecule has 136 valence electrons. The van der Waals surface area contributed by atoms with E-state index in [-0.39, 0.29) is 11.8 Å². The third-order valence-corrected chi connectivity index (χ3v) is 6.26. The number of aryl methyl sites for hydroxylation is 1. The molecule has 1 N–H and O–H groups in total. The van der Waals surface area contributed by atoms with E-state index in [2.05, 4.69) is 11.4 Å². The van der Waals surface area contributed by atoms with Crippen LogP contribution in [0.3, 0.4) is 0 Å². The highest BCUT2D eigenvalue weighted by Gasteiger charge is 2.25. The van der Waals surface area contributed by atoms with Crippen molar-refractivity contribution in [2.45, 2.75) is 43.9 Å². The molecule has 25 heavy (non-hydrogen) atoms. The summed E-state index contributed by atoms with van der Waals surface area (Å²) in [5, 5.41) is 11.4. The zero-order chi connectivity index (χ0) is 18.3. The summed E-state index contributed by atoms with van der Waals surface area (Å²) in [5.74, 6) is -0.310. The fraction of sp³-hybridized carbons (Fsp3) is 0.556. The lowest BCUT2D eigenvalue weighted by Gasteiger charge is -2.25. The van der Waals surface area contributed by atoms with Crippen LogP contribution in [0.2, 0.25) is 0 Å². The second-order valence-electron chi connectivity index (χ2n) is 6.44. The van der Waals surface area contributed by atoms with Crippen LogP contribution in [0.1, 0.15) is 38.2 Å². The van der Waals surface area contributed by atoms with Gasteiger partial charge in [0.2, 0.25) is 15.9 Å². The van der Waals surface area contributed by atoms with Crippen molar-refractivity contribution in [3.63, 3.8) is 0 Å². The molecular weight excluding hydrogens is 338 g/mol. The zero-order valence-electron chi connectivity index (χ0n) is 14.6. The van der Waals surface area contributed by atoms with Gasteiger partial charge in [-0.3, -0.25) is 4.79 Å². The van der Waals surface area contributed by atoms with Gasteiger partial charge in [-0.05, 0) is 43.9 Å². The third-order valence-electron chi connectivity index (χ3n) is 4.34. The second-order valence-corrected chi connectivity index (χ2v) is 8.38. The number of nitrogens with one attached hydrogen (secondary N) is 1. The molecule has 1 atom stereocenters. The summed E-state index contributed by atoms with van der Waals surface area (Å²) in [7, 11) is -3.41. The Morgan fingerprint density at radius 1 is 1.24 bits per heavy atom. The van der Waals surface area contributed by atoms with Gasteiger partial charge < -0.3 is 5.32 Å². The number of sulfonamides is 1. The first kappa shape index (κ1) is 19.4. The number of hydrogen-bond donors (Lipinski definition) is 1. The highest BCUT2D eigenvalue weighted by atomic mass is 32.2. The van der Waals surface area contributed by atoms with E-state index in [4.69, 9.17) is 5.26 Å². The van der Waals surface area contributed by atoms with Crippen molar-refractivity contribution in [2.75, 3.05) is 19.6 Å². The molecule has 0 bridgehead atoms. The smallest absolute Gasteiger partial charge is 0.243 e. The van der Waals surface area contributed by atoms with Crippen molar-refractivity contribution < 1.29 is 13.2 Å². The largest absolute Gasteiger partial charge is 0.355 e. The molecule has 7 heteroatoms. The van der Waals surface area contributed by atoms with Gasteiger partial charge in [0.25, 0.3) is 0 Å². The Bertz CT molecular complexity index is 717. The van der Waals surface area contributed by atoms with Crippen molar-refractivity contribution in [2.24, 2.45) is 5.92 Å². The molecule has 1 aromatic carbocycles. The molecule has 2 rings (SSSR count). The van der Waals surface area contributed by atoms with E-state index < -0.39 is 10.0 Å². The molecule has 1 fully saturated rings. The minimum absolute atomic E-state index is 0.105. The zero-order valence-corrected chi connectivity index (χ0v) is 15.4. The van der Waals surface area contributed by atoms with Gasteiger partial charge >= 0.3 is 0 Å². The topological polar surface area (TPSA) is 90.3 Å². The Morgan fingerprint density at radius 2 is 1.88 bits per heavy atom. The quantitative estimate of drug-likeness (QED) is 0.803. The molecule has 1 amide bonds. The van der Waals surface area contributed by atoms with Crippen molar-refractivity contribution in [3.05, 3.63) is 29.8 Å². The second kappa shape index (κ2) is 8.97. The average Bonchev–Trinajstić information content (AvgIpc) is 2.65. The Kier molecular flexibility index (Phi) is 6.97.